The number of hydrogen-bond acceptors (Lipinski definition) is 7. The number of nitrogens with zero attached hydrogens (tertiary/aromatic N) is 2. The van der Waals surface area contributed by atoms with Gasteiger partial charge in [-0.1, -0.05) is 23.5 Å². The summed E-state index contributed by atoms with van der Waals surface area (Å²) in [7, 11) is 0. The molecule has 1 amide bonds. The number of carbonyl (C=O) groups excluding carboxylic acids is 1. The van der Waals surface area contributed by atoms with Crippen LogP contribution in [0, 0.1) is 0 Å². The van der Waals surface area contributed by atoms with Gasteiger partial charge >= 0.3 is 5.97 Å². The second-order valence-corrected chi connectivity index (χ2v) is 7.89. The molecule has 20 heavy (non-hydrogen) atoms. The molecule has 3 rings (SSSR count). The number of carboxylic acids is 1. The van der Waals surface area contributed by atoms with E-state index < -0.39 is 12.0 Å². The standard InChI is InChI=1S/C11H13N3O3S3/c12-6-8(15)14-7(10(16)17)5(3-19-9(6)14)4-20-11-13-1-2-18-11/h6,9H,1-4,12H2,(H,16,17). The Morgan fingerprint density at radius 2 is 2.40 bits per heavy atom. The molecule has 0 aliphatic carbocycles. The van der Waals surface area contributed by atoms with Crippen molar-refractivity contribution >= 4 is 51.5 Å². The molecule has 3 heterocycles. The van der Waals surface area contributed by atoms with Crippen molar-refractivity contribution in [1.29, 1.82) is 0 Å². The zero-order valence-electron chi connectivity index (χ0n) is 10.4. The molecule has 3 aliphatic rings. The number of amides is 1. The van der Waals surface area contributed by atoms with Gasteiger partial charge in [0, 0.05) is 17.3 Å². The Bertz CT molecular complexity index is 534. The summed E-state index contributed by atoms with van der Waals surface area (Å²) >= 11 is 4.78. The minimum atomic E-state index is -1.05. The highest BCUT2D eigenvalue weighted by Gasteiger charge is 2.51. The fourth-order valence-electron chi connectivity index (χ4n) is 2.24. The number of carbonyl (C=O) groups is 2. The number of hydrogen-bond donors (Lipinski definition) is 2. The maximum Gasteiger partial charge on any atom is 0.352 e. The molecular weight excluding hydrogens is 318 g/mol. The number of fused-ring (bicyclic) bond motifs is 1. The summed E-state index contributed by atoms with van der Waals surface area (Å²) in [5.41, 5.74) is 6.60. The molecule has 9 heteroatoms. The van der Waals surface area contributed by atoms with Crippen LogP contribution in [0.25, 0.3) is 0 Å². The molecule has 1 saturated heterocycles. The Morgan fingerprint density at radius 1 is 1.60 bits per heavy atom. The van der Waals surface area contributed by atoms with E-state index >= 15 is 0 Å². The maximum absolute atomic E-state index is 11.8. The minimum Gasteiger partial charge on any atom is -0.477 e. The molecule has 6 nitrogen and oxygen atoms in total. The van der Waals surface area contributed by atoms with E-state index in [1.165, 1.54) is 16.7 Å². The third kappa shape index (κ3) is 2.36. The van der Waals surface area contributed by atoms with Gasteiger partial charge in [0.15, 0.2) is 0 Å². The molecule has 108 valence electrons. The average Bonchev–Trinajstić information content (AvgIpc) is 2.96. The van der Waals surface area contributed by atoms with Gasteiger partial charge in [-0.25, -0.2) is 4.79 Å². The van der Waals surface area contributed by atoms with Gasteiger partial charge in [-0.2, -0.15) is 0 Å². The monoisotopic (exact) mass is 331 g/mol. The second kappa shape index (κ2) is 5.63. The number of aliphatic carboxylic acids is 1. The Balaban J connectivity index is 1.79. The van der Waals surface area contributed by atoms with Gasteiger partial charge in [-0.15, -0.1) is 11.8 Å². The highest BCUT2D eigenvalue weighted by molar-refractivity contribution is 8.39. The van der Waals surface area contributed by atoms with Gasteiger partial charge in [-0.05, 0) is 5.57 Å². The predicted octanol–water partition coefficient (Wildman–Crippen LogP) is 0.404. The van der Waals surface area contributed by atoms with E-state index in [9.17, 15) is 14.7 Å². The number of thioether (sulfide) groups is 3. The Hall–Kier alpha value is -0.640. The summed E-state index contributed by atoms with van der Waals surface area (Å²) < 4.78 is 1.00. The normalized spacial score (nSPS) is 29.1. The van der Waals surface area contributed by atoms with Gasteiger partial charge in [0.05, 0.1) is 6.54 Å². The van der Waals surface area contributed by atoms with E-state index in [-0.39, 0.29) is 17.0 Å². The van der Waals surface area contributed by atoms with Gasteiger partial charge < -0.3 is 10.8 Å². The van der Waals surface area contributed by atoms with Crippen molar-refractivity contribution in [2.45, 2.75) is 11.4 Å². The van der Waals surface area contributed by atoms with Crippen molar-refractivity contribution in [3.8, 4) is 0 Å². The maximum atomic E-state index is 11.8. The van der Waals surface area contributed by atoms with Crippen LogP contribution in [0.2, 0.25) is 0 Å². The van der Waals surface area contributed by atoms with Gasteiger partial charge in [-0.3, -0.25) is 14.7 Å². The molecule has 0 spiro atoms. The van der Waals surface area contributed by atoms with E-state index in [0.29, 0.717) is 11.5 Å². The molecule has 0 radical (unpaired) electrons. The molecule has 2 unspecified atom stereocenters. The van der Waals surface area contributed by atoms with Crippen LogP contribution < -0.4 is 5.73 Å². The van der Waals surface area contributed by atoms with Crippen molar-refractivity contribution < 1.29 is 14.7 Å². The van der Waals surface area contributed by atoms with Crippen LogP contribution in [-0.4, -0.2) is 61.5 Å². The molecule has 0 aromatic carbocycles. The number of nitrogens with two attached hydrogens (primary N) is 1. The van der Waals surface area contributed by atoms with Crippen LogP contribution in [0.1, 0.15) is 0 Å². The summed E-state index contributed by atoms with van der Waals surface area (Å²) in [6.07, 6.45) is 0. The van der Waals surface area contributed by atoms with E-state index in [2.05, 4.69) is 4.99 Å². The van der Waals surface area contributed by atoms with Crippen LogP contribution in [0.15, 0.2) is 16.3 Å². The fourth-order valence-corrected chi connectivity index (χ4v) is 5.68. The molecule has 0 aromatic rings. The summed E-state index contributed by atoms with van der Waals surface area (Å²) in [5.74, 6) is 0.812. The summed E-state index contributed by atoms with van der Waals surface area (Å²) in [4.78, 5) is 28.9. The minimum absolute atomic E-state index is 0.122. The fraction of sp³-hybridized carbons (Fsp3) is 0.545. The van der Waals surface area contributed by atoms with E-state index in [1.807, 2.05) is 0 Å². The van der Waals surface area contributed by atoms with Crippen LogP contribution in [-0.2, 0) is 9.59 Å². The number of β-lactam (4-membered cyclic amide) rings is 1. The van der Waals surface area contributed by atoms with Gasteiger partial charge in [0.1, 0.15) is 21.5 Å². The summed E-state index contributed by atoms with van der Waals surface area (Å²) in [6.45, 7) is 0.828. The smallest absolute Gasteiger partial charge is 0.352 e. The lowest BCUT2D eigenvalue weighted by Crippen LogP contribution is -2.68. The summed E-state index contributed by atoms with van der Waals surface area (Å²) in [5, 5.41) is 9.16. The Kier molecular flexibility index (Phi) is 4.02. The van der Waals surface area contributed by atoms with Crippen LogP contribution in [0.5, 0.6) is 0 Å². The van der Waals surface area contributed by atoms with Crippen LogP contribution in [0.4, 0.5) is 0 Å². The highest BCUT2D eigenvalue weighted by Crippen LogP contribution is 2.40. The topological polar surface area (TPSA) is 96.0 Å². The third-order valence-corrected chi connectivity index (χ3v) is 6.92. The zero-order valence-corrected chi connectivity index (χ0v) is 12.9. The zero-order chi connectivity index (χ0) is 14.3. The predicted molar refractivity (Wildman–Crippen MR) is 82.9 cm³/mol. The lowest BCUT2D eigenvalue weighted by molar-refractivity contribution is -0.147. The molecule has 0 aromatic heterocycles. The van der Waals surface area contributed by atoms with Crippen molar-refractivity contribution in [2.75, 3.05) is 23.8 Å². The highest BCUT2D eigenvalue weighted by atomic mass is 32.2. The first-order valence-corrected chi connectivity index (χ1v) is 9.07. The lowest BCUT2D eigenvalue weighted by atomic mass is 10.0. The first-order chi connectivity index (χ1) is 9.59. The lowest BCUT2D eigenvalue weighted by Gasteiger charge is -2.48. The molecule has 0 saturated carbocycles. The molecule has 1 fully saturated rings. The number of carboxylic acid groups (broad SMARTS) is 1. The summed E-state index contributed by atoms with van der Waals surface area (Å²) in [6, 6.07) is -0.571. The molecule has 0 bridgehead atoms. The first kappa shape index (κ1) is 14.3. The molecule has 2 atom stereocenters. The van der Waals surface area contributed by atoms with Crippen molar-refractivity contribution in [3.05, 3.63) is 11.3 Å². The van der Waals surface area contributed by atoms with E-state index in [4.69, 9.17) is 5.73 Å². The van der Waals surface area contributed by atoms with Gasteiger partial charge in [0.2, 0.25) is 5.91 Å². The average molecular weight is 331 g/mol. The quantitative estimate of drug-likeness (QED) is 0.723. The Labute approximate surface area is 128 Å². The van der Waals surface area contributed by atoms with E-state index in [0.717, 1.165) is 22.2 Å². The Morgan fingerprint density at radius 3 is 3.05 bits per heavy atom. The van der Waals surface area contributed by atoms with Crippen LogP contribution >= 0.6 is 35.3 Å². The van der Waals surface area contributed by atoms with Crippen molar-refractivity contribution in [3.63, 3.8) is 0 Å². The molecule has 3 N–H and O–H groups in total. The number of aliphatic imine (C=N–C) groups is 1. The van der Waals surface area contributed by atoms with Crippen LogP contribution in [0.3, 0.4) is 0 Å². The van der Waals surface area contributed by atoms with Crippen molar-refractivity contribution in [1.82, 2.24) is 4.90 Å². The largest absolute Gasteiger partial charge is 0.477 e. The van der Waals surface area contributed by atoms with Crippen molar-refractivity contribution in [2.24, 2.45) is 10.7 Å². The number of rotatable bonds is 3. The molecule has 3 aliphatic heterocycles. The first-order valence-electron chi connectivity index (χ1n) is 6.05. The van der Waals surface area contributed by atoms with Gasteiger partial charge in [0.25, 0.3) is 0 Å². The molecular formula is C11H13N3O3S3. The SMILES string of the molecule is NC1C(=O)N2C(C(=O)O)=C(CSC3=NCCS3)CSC12. The van der Waals surface area contributed by atoms with E-state index in [1.54, 1.807) is 23.5 Å². The second-order valence-electron chi connectivity index (χ2n) is 4.48. The third-order valence-electron chi connectivity index (χ3n) is 3.22.